The zero-order valence-electron chi connectivity index (χ0n) is 16.9. The van der Waals surface area contributed by atoms with Crippen LogP contribution >= 0.6 is 21.9 Å². The van der Waals surface area contributed by atoms with Crippen LogP contribution < -0.4 is 4.74 Å². The van der Waals surface area contributed by atoms with Gasteiger partial charge in [-0.15, -0.1) is 20.5 Å². The number of hydrogen-bond acceptors (Lipinski definition) is 5. The van der Waals surface area contributed by atoms with Gasteiger partial charge < -0.3 is 8.92 Å². The first-order chi connectivity index (χ1) is 13.2. The number of fused-ring (bicyclic) bond motifs is 1. The summed E-state index contributed by atoms with van der Waals surface area (Å²) in [7, 11) is -1.19. The van der Waals surface area contributed by atoms with Gasteiger partial charge in [-0.1, -0.05) is 56.6 Å². The Labute approximate surface area is 173 Å². The van der Waals surface area contributed by atoms with Gasteiger partial charge in [-0.25, -0.2) is 0 Å². The highest BCUT2D eigenvalue weighted by molar-refractivity contribution is 8.29. The summed E-state index contributed by atoms with van der Waals surface area (Å²) in [6, 6.07) is 13.5. The first-order valence-corrected chi connectivity index (χ1v) is 11.8. The Morgan fingerprint density at radius 1 is 0.893 bits per heavy atom. The molecule has 0 aliphatic heterocycles. The molecule has 3 rings (SSSR count). The number of ether oxygens (including phenoxy) is 1. The van der Waals surface area contributed by atoms with E-state index in [-0.39, 0.29) is 4.75 Å². The van der Waals surface area contributed by atoms with E-state index < -0.39 is 10.3 Å². The molecule has 0 saturated heterocycles. The summed E-state index contributed by atoms with van der Waals surface area (Å²) in [6.07, 6.45) is 4.37. The number of nitrogens with zero attached hydrogens (tertiary/aromatic N) is 3. The van der Waals surface area contributed by atoms with Crippen molar-refractivity contribution in [1.82, 2.24) is 15.2 Å². The van der Waals surface area contributed by atoms with Gasteiger partial charge in [0, 0.05) is 15.5 Å². The first-order valence-electron chi connectivity index (χ1n) is 9.03. The van der Waals surface area contributed by atoms with Crippen LogP contribution in [0.5, 0.6) is 5.88 Å². The molecule has 0 N–H and O–H groups in total. The van der Waals surface area contributed by atoms with Crippen LogP contribution in [0.2, 0.25) is 5.15 Å². The van der Waals surface area contributed by atoms with Crippen molar-refractivity contribution < 1.29 is 8.92 Å². The minimum absolute atomic E-state index is 0.113. The maximum absolute atomic E-state index is 6.21. The number of hydrogen-bond donors (Lipinski definition) is 0. The molecule has 0 saturated carbocycles. The highest BCUT2D eigenvalue weighted by atomic mass is 35.5. The second-order valence-electron chi connectivity index (χ2n) is 7.86. The van der Waals surface area contributed by atoms with E-state index in [0.29, 0.717) is 24.2 Å². The van der Waals surface area contributed by atoms with E-state index in [4.69, 9.17) is 20.5 Å². The van der Waals surface area contributed by atoms with Crippen molar-refractivity contribution in [1.29, 1.82) is 0 Å². The van der Waals surface area contributed by atoms with E-state index in [0.717, 1.165) is 22.2 Å². The van der Waals surface area contributed by atoms with Crippen molar-refractivity contribution in [2.24, 2.45) is 0 Å². The normalized spacial score (nSPS) is 12.9. The van der Waals surface area contributed by atoms with E-state index in [1.54, 1.807) is 0 Å². The molecule has 0 bridgehead atoms. The van der Waals surface area contributed by atoms with Crippen LogP contribution in [0, 0.1) is 0 Å². The fourth-order valence-electron chi connectivity index (χ4n) is 2.37. The fourth-order valence-corrected chi connectivity index (χ4v) is 3.34. The van der Waals surface area contributed by atoms with Crippen molar-refractivity contribution in [2.75, 3.05) is 12.5 Å². The summed E-state index contributed by atoms with van der Waals surface area (Å²) >= 11 is 6.12. The van der Waals surface area contributed by atoms with E-state index in [9.17, 15) is 0 Å². The fraction of sp³-hybridized carbons (Fsp3) is 0.381. The molecule has 1 aromatic carbocycles. The molecule has 28 heavy (non-hydrogen) atoms. The lowest BCUT2D eigenvalue weighted by Crippen LogP contribution is -2.25. The average Bonchev–Trinajstić information content (AvgIpc) is 2.66. The van der Waals surface area contributed by atoms with Crippen LogP contribution in [0.25, 0.3) is 10.8 Å². The van der Waals surface area contributed by atoms with Crippen molar-refractivity contribution >= 4 is 32.7 Å². The average molecular weight is 420 g/mol. The molecule has 150 valence electrons. The zero-order valence-corrected chi connectivity index (χ0v) is 18.5. The Kier molecular flexibility index (Phi) is 6.12. The molecular weight excluding hydrogens is 394 g/mol. The molecule has 0 fully saturated rings. The number of pyridine rings is 1. The molecular formula is C21H26ClN3O2S. The lowest BCUT2D eigenvalue weighted by Gasteiger charge is -2.43. The highest BCUT2D eigenvalue weighted by Crippen LogP contribution is 2.54. The monoisotopic (exact) mass is 419 g/mol. The summed E-state index contributed by atoms with van der Waals surface area (Å²) < 4.78 is 12.2. The lowest BCUT2D eigenvalue weighted by molar-refractivity contribution is 0.287. The van der Waals surface area contributed by atoms with Gasteiger partial charge in [0.15, 0.2) is 5.15 Å². The minimum Gasteiger partial charge on any atom is -0.470 e. The van der Waals surface area contributed by atoms with Crippen LogP contribution in [0.4, 0.5) is 0 Å². The predicted molar refractivity (Wildman–Crippen MR) is 117 cm³/mol. The number of aromatic nitrogens is 3. The predicted octanol–water partition coefficient (Wildman–Crippen LogP) is 5.55. The zero-order chi connectivity index (χ0) is 20.4. The van der Waals surface area contributed by atoms with Crippen molar-refractivity contribution in [3.05, 3.63) is 59.0 Å². The molecule has 0 spiro atoms. The molecule has 0 aliphatic rings. The molecule has 7 heteroatoms. The summed E-state index contributed by atoms with van der Waals surface area (Å²) in [5.41, 5.74) is 1.70. The Balaban J connectivity index is 1.70. The van der Waals surface area contributed by atoms with Crippen LogP contribution in [0.15, 0.2) is 42.5 Å². The van der Waals surface area contributed by atoms with Gasteiger partial charge in [0.1, 0.15) is 13.2 Å². The topological polar surface area (TPSA) is 57.1 Å². The standard InChI is InChI=1S/C21H26ClN3O2S/c1-21(2,3)28(4,5)27-14-16-10-8-9-15(23-16)13-26-20-18-12-7-6-11-17(18)19(22)24-25-20/h6-12H,13-14H2,1-5H3. The maximum Gasteiger partial charge on any atom is 0.241 e. The van der Waals surface area contributed by atoms with Crippen LogP contribution in [0.3, 0.4) is 0 Å². The Morgan fingerprint density at radius 3 is 2.21 bits per heavy atom. The van der Waals surface area contributed by atoms with Gasteiger partial charge >= 0.3 is 0 Å². The number of halogens is 1. The minimum atomic E-state index is -1.19. The summed E-state index contributed by atoms with van der Waals surface area (Å²) in [5.74, 6) is 0.446. The third kappa shape index (κ3) is 4.74. The van der Waals surface area contributed by atoms with E-state index in [2.05, 4.69) is 48.5 Å². The molecule has 0 radical (unpaired) electrons. The molecule has 0 amide bonds. The summed E-state index contributed by atoms with van der Waals surface area (Å²) in [4.78, 5) is 4.66. The van der Waals surface area contributed by atoms with Crippen molar-refractivity contribution in [2.45, 2.75) is 38.7 Å². The van der Waals surface area contributed by atoms with Crippen molar-refractivity contribution in [3.8, 4) is 5.88 Å². The molecule has 0 atom stereocenters. The van der Waals surface area contributed by atoms with Gasteiger partial charge in [0.25, 0.3) is 0 Å². The van der Waals surface area contributed by atoms with Gasteiger partial charge in [0.2, 0.25) is 5.88 Å². The highest BCUT2D eigenvalue weighted by Gasteiger charge is 2.28. The second-order valence-corrected chi connectivity index (χ2v) is 12.1. The third-order valence-electron chi connectivity index (χ3n) is 4.81. The molecule has 2 heterocycles. The van der Waals surface area contributed by atoms with Gasteiger partial charge in [0.05, 0.1) is 11.4 Å². The second kappa shape index (κ2) is 8.23. The Morgan fingerprint density at radius 2 is 1.54 bits per heavy atom. The van der Waals surface area contributed by atoms with E-state index in [1.165, 1.54) is 0 Å². The van der Waals surface area contributed by atoms with Gasteiger partial charge in [-0.2, -0.15) is 0 Å². The van der Waals surface area contributed by atoms with Gasteiger partial charge in [-0.05, 0) is 30.7 Å². The largest absolute Gasteiger partial charge is 0.470 e. The molecule has 3 aromatic rings. The quantitative estimate of drug-likeness (QED) is 0.524. The van der Waals surface area contributed by atoms with Crippen LogP contribution in [-0.2, 0) is 17.4 Å². The van der Waals surface area contributed by atoms with Crippen LogP contribution in [-0.4, -0.2) is 32.4 Å². The number of rotatable bonds is 6. The van der Waals surface area contributed by atoms with Gasteiger partial charge in [-0.3, -0.25) is 4.98 Å². The lowest BCUT2D eigenvalue weighted by atomic mass is 10.2. The number of benzene rings is 1. The summed E-state index contributed by atoms with van der Waals surface area (Å²) in [6.45, 7) is 7.40. The van der Waals surface area contributed by atoms with Crippen LogP contribution in [0.1, 0.15) is 32.2 Å². The third-order valence-corrected chi connectivity index (χ3v) is 8.74. The van der Waals surface area contributed by atoms with Crippen molar-refractivity contribution in [3.63, 3.8) is 0 Å². The molecule has 0 unspecified atom stereocenters. The first kappa shape index (κ1) is 20.8. The smallest absolute Gasteiger partial charge is 0.241 e. The molecule has 2 aromatic heterocycles. The maximum atomic E-state index is 6.21. The van der Waals surface area contributed by atoms with E-state index in [1.807, 2.05) is 42.5 Å². The molecule has 0 aliphatic carbocycles. The Bertz CT molecular complexity index is 973. The summed E-state index contributed by atoms with van der Waals surface area (Å²) in [5, 5.41) is 10.1. The SMILES string of the molecule is CC(C)(C)S(C)(C)OCc1cccc(COc2nnc(Cl)c3ccccc23)n1. The van der Waals surface area contributed by atoms with E-state index >= 15 is 0 Å². The molecule has 5 nitrogen and oxygen atoms in total. The Hall–Kier alpha value is -1.89.